The average molecular weight is 330 g/mol. The minimum absolute atomic E-state index is 0.495. The van der Waals surface area contributed by atoms with Crippen molar-refractivity contribution >= 4 is 16.6 Å². The van der Waals surface area contributed by atoms with E-state index in [1.165, 1.54) is 0 Å². The van der Waals surface area contributed by atoms with E-state index in [9.17, 15) is 0 Å². The fourth-order valence-electron chi connectivity index (χ4n) is 3.08. The summed E-state index contributed by atoms with van der Waals surface area (Å²) in [5.74, 6) is 1.31. The van der Waals surface area contributed by atoms with E-state index in [0.717, 1.165) is 38.9 Å². The van der Waals surface area contributed by atoms with Gasteiger partial charge in [0.1, 0.15) is 11.6 Å². The minimum Gasteiger partial charge on any atom is -0.497 e. The summed E-state index contributed by atoms with van der Waals surface area (Å²) in [7, 11) is 3.57. The lowest BCUT2D eigenvalue weighted by Crippen LogP contribution is -1.95. The van der Waals surface area contributed by atoms with Gasteiger partial charge >= 0.3 is 0 Å². The molecule has 124 valence electrons. The van der Waals surface area contributed by atoms with Gasteiger partial charge in [0.05, 0.1) is 19.0 Å². The van der Waals surface area contributed by atoms with Crippen LogP contribution in [0.5, 0.6) is 5.75 Å². The van der Waals surface area contributed by atoms with E-state index in [1.807, 2.05) is 55.8 Å². The van der Waals surface area contributed by atoms with Gasteiger partial charge in [-0.3, -0.25) is 4.68 Å². The smallest absolute Gasteiger partial charge is 0.124 e. The van der Waals surface area contributed by atoms with Gasteiger partial charge < -0.3 is 10.5 Å². The van der Waals surface area contributed by atoms with Gasteiger partial charge in [0, 0.05) is 29.8 Å². The van der Waals surface area contributed by atoms with E-state index in [-0.39, 0.29) is 0 Å². The number of aromatic nitrogens is 3. The first kappa shape index (κ1) is 15.2. The molecule has 0 amide bonds. The zero-order chi connectivity index (χ0) is 17.4. The number of benzene rings is 2. The summed E-state index contributed by atoms with van der Waals surface area (Å²) in [6, 6.07) is 16.0. The number of nitrogens with zero attached hydrogens (tertiary/aromatic N) is 3. The minimum atomic E-state index is 0.495. The molecule has 4 rings (SSSR count). The van der Waals surface area contributed by atoms with Crippen LogP contribution in [0.1, 0.15) is 0 Å². The number of nitrogens with two attached hydrogens (primary N) is 1. The second kappa shape index (κ2) is 5.94. The van der Waals surface area contributed by atoms with Crippen LogP contribution in [0.15, 0.2) is 60.9 Å². The van der Waals surface area contributed by atoms with Crippen molar-refractivity contribution in [2.75, 3.05) is 12.8 Å². The SMILES string of the molecule is COc1ccc(-c2nc(N)cc3c(-c4cnn(C)c4)cccc23)cc1. The molecule has 0 aliphatic heterocycles. The number of hydrogen-bond donors (Lipinski definition) is 1. The maximum absolute atomic E-state index is 6.11. The summed E-state index contributed by atoms with van der Waals surface area (Å²) in [4.78, 5) is 4.58. The van der Waals surface area contributed by atoms with Crippen LogP contribution in [0.4, 0.5) is 5.82 Å². The predicted octanol–water partition coefficient (Wildman–Crippen LogP) is 3.89. The number of pyridine rings is 1. The molecule has 0 bridgehead atoms. The van der Waals surface area contributed by atoms with Crippen molar-refractivity contribution in [1.29, 1.82) is 0 Å². The summed E-state index contributed by atoms with van der Waals surface area (Å²) < 4.78 is 7.04. The zero-order valence-electron chi connectivity index (χ0n) is 14.1. The van der Waals surface area contributed by atoms with Crippen LogP contribution in [-0.4, -0.2) is 21.9 Å². The monoisotopic (exact) mass is 330 g/mol. The van der Waals surface area contributed by atoms with Gasteiger partial charge in [-0.05, 0) is 41.3 Å². The Kier molecular flexibility index (Phi) is 3.61. The van der Waals surface area contributed by atoms with Crippen LogP contribution in [-0.2, 0) is 7.05 Å². The Bertz CT molecular complexity index is 1050. The van der Waals surface area contributed by atoms with Crippen LogP contribution in [0.2, 0.25) is 0 Å². The van der Waals surface area contributed by atoms with Crippen LogP contribution in [0, 0.1) is 0 Å². The number of nitrogen functional groups attached to an aromatic ring is 1. The number of ether oxygens (including phenoxy) is 1. The van der Waals surface area contributed by atoms with Crippen LogP contribution in [0.25, 0.3) is 33.2 Å². The van der Waals surface area contributed by atoms with Crippen molar-refractivity contribution in [1.82, 2.24) is 14.8 Å². The first-order valence-corrected chi connectivity index (χ1v) is 7.98. The number of rotatable bonds is 3. The third-order valence-corrected chi connectivity index (χ3v) is 4.27. The number of hydrogen-bond acceptors (Lipinski definition) is 4. The molecule has 0 saturated heterocycles. The van der Waals surface area contributed by atoms with E-state index in [0.29, 0.717) is 5.82 Å². The van der Waals surface area contributed by atoms with Gasteiger partial charge in [-0.15, -0.1) is 0 Å². The highest BCUT2D eigenvalue weighted by Crippen LogP contribution is 2.35. The molecule has 25 heavy (non-hydrogen) atoms. The van der Waals surface area contributed by atoms with E-state index in [2.05, 4.69) is 22.2 Å². The molecule has 0 saturated carbocycles. The Hall–Kier alpha value is -3.34. The number of fused-ring (bicyclic) bond motifs is 1. The first-order chi connectivity index (χ1) is 12.2. The molecule has 0 aliphatic rings. The highest BCUT2D eigenvalue weighted by molar-refractivity contribution is 6.04. The Balaban J connectivity index is 1.96. The Morgan fingerprint density at radius 3 is 2.48 bits per heavy atom. The van der Waals surface area contributed by atoms with Crippen molar-refractivity contribution in [3.05, 3.63) is 60.9 Å². The van der Waals surface area contributed by atoms with Crippen LogP contribution >= 0.6 is 0 Å². The summed E-state index contributed by atoms with van der Waals surface area (Å²) in [5.41, 5.74) is 10.1. The molecule has 5 heteroatoms. The lowest BCUT2D eigenvalue weighted by Gasteiger charge is -2.11. The summed E-state index contributed by atoms with van der Waals surface area (Å²) >= 11 is 0. The van der Waals surface area contributed by atoms with E-state index < -0.39 is 0 Å². The second-order valence-corrected chi connectivity index (χ2v) is 5.93. The topological polar surface area (TPSA) is 66.0 Å². The standard InChI is InChI=1S/C20H18N4O/c1-24-12-14(11-22-24)16-4-3-5-17-18(16)10-19(21)23-20(17)13-6-8-15(25-2)9-7-13/h3-12H,1-2H3,(H2,21,23). The number of methoxy groups -OCH3 is 1. The lowest BCUT2D eigenvalue weighted by atomic mass is 9.97. The molecule has 0 atom stereocenters. The fourth-order valence-corrected chi connectivity index (χ4v) is 3.08. The van der Waals surface area contributed by atoms with Crippen LogP contribution in [0.3, 0.4) is 0 Å². The fraction of sp³-hybridized carbons (Fsp3) is 0.100. The molecule has 0 fully saturated rings. The van der Waals surface area contributed by atoms with Crippen molar-refractivity contribution in [3.8, 4) is 28.1 Å². The van der Waals surface area contributed by atoms with Gasteiger partial charge in [-0.2, -0.15) is 5.10 Å². The Morgan fingerprint density at radius 2 is 1.80 bits per heavy atom. The molecule has 0 unspecified atom stereocenters. The second-order valence-electron chi connectivity index (χ2n) is 5.93. The Labute approximate surface area is 145 Å². The third kappa shape index (κ3) is 2.70. The maximum Gasteiger partial charge on any atom is 0.124 e. The summed E-state index contributed by atoms with van der Waals surface area (Å²) in [6.07, 6.45) is 3.86. The molecule has 2 aromatic heterocycles. The van der Waals surface area contributed by atoms with Gasteiger partial charge in [0.2, 0.25) is 0 Å². The van der Waals surface area contributed by atoms with Crippen molar-refractivity contribution in [2.24, 2.45) is 7.05 Å². The normalized spacial score (nSPS) is 11.0. The lowest BCUT2D eigenvalue weighted by molar-refractivity contribution is 0.415. The quantitative estimate of drug-likeness (QED) is 0.619. The number of anilines is 1. The molecular formula is C20H18N4O. The highest BCUT2D eigenvalue weighted by Gasteiger charge is 2.12. The molecule has 2 aromatic carbocycles. The zero-order valence-corrected chi connectivity index (χ0v) is 14.1. The molecule has 4 aromatic rings. The predicted molar refractivity (Wildman–Crippen MR) is 100 cm³/mol. The molecule has 2 N–H and O–H groups in total. The first-order valence-electron chi connectivity index (χ1n) is 7.98. The maximum atomic E-state index is 6.11. The van der Waals surface area contributed by atoms with Gasteiger partial charge in [-0.25, -0.2) is 4.98 Å². The molecule has 0 spiro atoms. The molecule has 2 heterocycles. The highest BCUT2D eigenvalue weighted by atomic mass is 16.5. The van der Waals surface area contributed by atoms with E-state index in [4.69, 9.17) is 10.5 Å². The van der Waals surface area contributed by atoms with Gasteiger partial charge in [0.25, 0.3) is 0 Å². The summed E-state index contributed by atoms with van der Waals surface area (Å²) in [5, 5.41) is 6.40. The summed E-state index contributed by atoms with van der Waals surface area (Å²) in [6.45, 7) is 0. The largest absolute Gasteiger partial charge is 0.497 e. The van der Waals surface area contributed by atoms with Gasteiger partial charge in [-0.1, -0.05) is 18.2 Å². The van der Waals surface area contributed by atoms with Crippen molar-refractivity contribution < 1.29 is 4.74 Å². The molecule has 0 aliphatic carbocycles. The van der Waals surface area contributed by atoms with E-state index >= 15 is 0 Å². The van der Waals surface area contributed by atoms with Crippen LogP contribution < -0.4 is 10.5 Å². The van der Waals surface area contributed by atoms with Crippen molar-refractivity contribution in [3.63, 3.8) is 0 Å². The molecular weight excluding hydrogens is 312 g/mol. The average Bonchev–Trinajstić information content (AvgIpc) is 3.07. The molecule has 0 radical (unpaired) electrons. The third-order valence-electron chi connectivity index (χ3n) is 4.27. The Morgan fingerprint density at radius 1 is 1.00 bits per heavy atom. The number of aryl methyl sites for hydroxylation is 1. The van der Waals surface area contributed by atoms with E-state index in [1.54, 1.807) is 11.8 Å². The van der Waals surface area contributed by atoms with Crippen molar-refractivity contribution in [2.45, 2.75) is 0 Å². The van der Waals surface area contributed by atoms with Gasteiger partial charge in [0.15, 0.2) is 0 Å². The molecule has 5 nitrogen and oxygen atoms in total.